The molecule has 0 aromatic rings. The zero-order valence-corrected chi connectivity index (χ0v) is 16.5. The summed E-state index contributed by atoms with van der Waals surface area (Å²) in [6.07, 6.45) is 9.93. The number of hydrogen-bond acceptors (Lipinski definition) is 3. The van der Waals surface area contributed by atoms with Gasteiger partial charge in [0.15, 0.2) is 5.96 Å². The number of rotatable bonds is 9. The number of aliphatic imine (C=N–C) groups is 1. The number of aliphatic hydroxyl groups is 1. The molecule has 0 aromatic carbocycles. The molecule has 146 valence electrons. The molecule has 1 saturated heterocycles. The largest absolute Gasteiger partial charge is 0.396 e. The van der Waals surface area contributed by atoms with E-state index < -0.39 is 0 Å². The molecule has 5 heteroatoms. The maximum atomic E-state index is 9.48. The highest BCUT2D eigenvalue weighted by molar-refractivity contribution is 5.79. The van der Waals surface area contributed by atoms with E-state index in [1.165, 1.54) is 64.6 Å². The van der Waals surface area contributed by atoms with Crippen molar-refractivity contribution in [3.63, 3.8) is 0 Å². The van der Waals surface area contributed by atoms with E-state index in [1.807, 2.05) is 0 Å². The SMILES string of the molecule is CCNC(=NCC1(CCO)CCCCC1)NCC(C)CN1CCCC1. The third-order valence-corrected chi connectivity index (χ3v) is 5.86. The van der Waals surface area contributed by atoms with Crippen LogP contribution in [0.4, 0.5) is 0 Å². The van der Waals surface area contributed by atoms with Crippen LogP contribution in [0.2, 0.25) is 0 Å². The van der Waals surface area contributed by atoms with Crippen molar-refractivity contribution in [1.29, 1.82) is 0 Å². The first kappa shape index (κ1) is 20.5. The minimum Gasteiger partial charge on any atom is -0.396 e. The van der Waals surface area contributed by atoms with Gasteiger partial charge in [-0.05, 0) is 63.5 Å². The Balaban J connectivity index is 1.83. The van der Waals surface area contributed by atoms with Crippen molar-refractivity contribution in [3.05, 3.63) is 0 Å². The topological polar surface area (TPSA) is 59.9 Å². The van der Waals surface area contributed by atoms with Crippen LogP contribution in [0.25, 0.3) is 0 Å². The fraction of sp³-hybridized carbons (Fsp3) is 0.950. The molecule has 2 rings (SSSR count). The van der Waals surface area contributed by atoms with Gasteiger partial charge in [0.1, 0.15) is 0 Å². The summed E-state index contributed by atoms with van der Waals surface area (Å²) in [6.45, 7) is 11.1. The number of nitrogens with one attached hydrogen (secondary N) is 2. The monoisotopic (exact) mass is 352 g/mol. The average Bonchev–Trinajstić information content (AvgIpc) is 3.11. The van der Waals surface area contributed by atoms with Gasteiger partial charge in [-0.25, -0.2) is 0 Å². The standard InChI is InChI=1S/C20H40N4O/c1-3-21-19(22-15-18(2)16-24-12-7-8-13-24)23-17-20(11-14-25)9-5-4-6-10-20/h18,25H,3-17H2,1-2H3,(H2,21,22,23). The molecule has 0 spiro atoms. The highest BCUT2D eigenvalue weighted by Crippen LogP contribution is 2.39. The molecule has 25 heavy (non-hydrogen) atoms. The smallest absolute Gasteiger partial charge is 0.191 e. The maximum Gasteiger partial charge on any atom is 0.191 e. The summed E-state index contributed by atoms with van der Waals surface area (Å²) < 4.78 is 0. The number of nitrogens with zero attached hydrogens (tertiary/aromatic N) is 2. The van der Waals surface area contributed by atoms with Gasteiger partial charge < -0.3 is 20.6 Å². The van der Waals surface area contributed by atoms with Gasteiger partial charge in [0.25, 0.3) is 0 Å². The summed E-state index contributed by atoms with van der Waals surface area (Å²) in [5.41, 5.74) is 0.219. The molecule has 1 heterocycles. The van der Waals surface area contributed by atoms with E-state index in [4.69, 9.17) is 4.99 Å². The third kappa shape index (κ3) is 7.14. The molecule has 0 amide bonds. The van der Waals surface area contributed by atoms with Crippen LogP contribution >= 0.6 is 0 Å². The number of likely N-dealkylation sites (tertiary alicyclic amines) is 1. The second-order valence-corrected chi connectivity index (χ2v) is 8.22. The van der Waals surface area contributed by atoms with Gasteiger partial charge in [-0.2, -0.15) is 0 Å². The van der Waals surface area contributed by atoms with Gasteiger partial charge >= 0.3 is 0 Å². The Morgan fingerprint density at radius 2 is 1.84 bits per heavy atom. The molecule has 2 aliphatic rings. The Labute approximate surface area is 154 Å². The van der Waals surface area contributed by atoms with E-state index in [-0.39, 0.29) is 12.0 Å². The van der Waals surface area contributed by atoms with Gasteiger partial charge in [0.2, 0.25) is 0 Å². The third-order valence-electron chi connectivity index (χ3n) is 5.86. The molecule has 0 radical (unpaired) electrons. The molecule has 1 aliphatic carbocycles. The lowest BCUT2D eigenvalue weighted by atomic mass is 9.72. The molecule has 0 bridgehead atoms. The van der Waals surface area contributed by atoms with E-state index in [1.54, 1.807) is 0 Å². The molecule has 5 nitrogen and oxygen atoms in total. The molecular weight excluding hydrogens is 312 g/mol. The quantitative estimate of drug-likeness (QED) is 0.441. The molecule has 1 unspecified atom stereocenters. The van der Waals surface area contributed by atoms with Crippen LogP contribution in [0.15, 0.2) is 4.99 Å². The second kappa shape index (κ2) is 11.0. The average molecular weight is 353 g/mol. The van der Waals surface area contributed by atoms with Gasteiger partial charge in [-0.3, -0.25) is 4.99 Å². The van der Waals surface area contributed by atoms with Crippen LogP contribution in [-0.4, -0.2) is 61.8 Å². The fourth-order valence-electron chi connectivity index (χ4n) is 4.36. The Morgan fingerprint density at radius 3 is 2.48 bits per heavy atom. The lowest BCUT2D eigenvalue weighted by Crippen LogP contribution is -2.42. The summed E-state index contributed by atoms with van der Waals surface area (Å²) in [7, 11) is 0. The van der Waals surface area contributed by atoms with E-state index in [0.29, 0.717) is 5.92 Å². The van der Waals surface area contributed by atoms with Crippen LogP contribution < -0.4 is 10.6 Å². The van der Waals surface area contributed by atoms with Crippen molar-refractivity contribution in [2.75, 3.05) is 45.9 Å². The van der Waals surface area contributed by atoms with Crippen molar-refractivity contribution in [3.8, 4) is 0 Å². The van der Waals surface area contributed by atoms with E-state index in [9.17, 15) is 5.11 Å². The molecular formula is C20H40N4O. The van der Waals surface area contributed by atoms with Crippen molar-refractivity contribution in [1.82, 2.24) is 15.5 Å². The lowest BCUT2D eigenvalue weighted by molar-refractivity contribution is 0.137. The summed E-state index contributed by atoms with van der Waals surface area (Å²) >= 11 is 0. The van der Waals surface area contributed by atoms with Crippen LogP contribution in [0.3, 0.4) is 0 Å². The minimum atomic E-state index is 0.219. The molecule has 3 N–H and O–H groups in total. The molecule has 1 saturated carbocycles. The molecule has 1 aliphatic heterocycles. The molecule has 2 fully saturated rings. The number of aliphatic hydroxyl groups excluding tert-OH is 1. The number of hydrogen-bond donors (Lipinski definition) is 3. The van der Waals surface area contributed by atoms with Crippen LogP contribution in [0.5, 0.6) is 0 Å². The van der Waals surface area contributed by atoms with Crippen LogP contribution in [-0.2, 0) is 0 Å². The fourth-order valence-corrected chi connectivity index (χ4v) is 4.36. The van der Waals surface area contributed by atoms with Crippen LogP contribution in [0.1, 0.15) is 65.2 Å². The summed E-state index contributed by atoms with van der Waals surface area (Å²) in [5, 5.41) is 16.4. The normalized spacial score (nSPS) is 22.8. The first-order valence-electron chi connectivity index (χ1n) is 10.5. The Kier molecular flexibility index (Phi) is 9.04. The summed E-state index contributed by atoms with van der Waals surface area (Å²) in [6, 6.07) is 0. The predicted molar refractivity (Wildman–Crippen MR) is 106 cm³/mol. The predicted octanol–water partition coefficient (Wildman–Crippen LogP) is 2.61. The van der Waals surface area contributed by atoms with E-state index in [0.717, 1.165) is 32.0 Å². The highest BCUT2D eigenvalue weighted by atomic mass is 16.3. The molecule has 0 aromatic heterocycles. The van der Waals surface area contributed by atoms with E-state index >= 15 is 0 Å². The zero-order valence-electron chi connectivity index (χ0n) is 16.5. The highest BCUT2D eigenvalue weighted by Gasteiger charge is 2.31. The number of guanidine groups is 1. The summed E-state index contributed by atoms with van der Waals surface area (Å²) in [4.78, 5) is 7.48. The van der Waals surface area contributed by atoms with Gasteiger partial charge in [0, 0.05) is 32.8 Å². The summed E-state index contributed by atoms with van der Waals surface area (Å²) in [5.74, 6) is 1.57. The Hall–Kier alpha value is -0.810. The first-order chi connectivity index (χ1) is 12.2. The second-order valence-electron chi connectivity index (χ2n) is 8.22. The van der Waals surface area contributed by atoms with Gasteiger partial charge in [-0.15, -0.1) is 0 Å². The van der Waals surface area contributed by atoms with Crippen LogP contribution in [0, 0.1) is 11.3 Å². The minimum absolute atomic E-state index is 0.219. The van der Waals surface area contributed by atoms with Crippen molar-refractivity contribution >= 4 is 5.96 Å². The van der Waals surface area contributed by atoms with Crippen molar-refractivity contribution < 1.29 is 5.11 Å². The van der Waals surface area contributed by atoms with Crippen molar-refractivity contribution in [2.45, 2.75) is 65.2 Å². The van der Waals surface area contributed by atoms with E-state index in [2.05, 4.69) is 29.4 Å². The van der Waals surface area contributed by atoms with Gasteiger partial charge in [-0.1, -0.05) is 26.2 Å². The Bertz CT molecular complexity index is 382. The lowest BCUT2D eigenvalue weighted by Gasteiger charge is -2.35. The molecule has 1 atom stereocenters. The van der Waals surface area contributed by atoms with Gasteiger partial charge in [0.05, 0.1) is 0 Å². The Morgan fingerprint density at radius 1 is 1.12 bits per heavy atom. The van der Waals surface area contributed by atoms with Crippen molar-refractivity contribution in [2.24, 2.45) is 16.3 Å². The zero-order chi connectivity index (χ0) is 18.0. The maximum absolute atomic E-state index is 9.48. The first-order valence-corrected chi connectivity index (χ1v) is 10.5.